The zero-order valence-corrected chi connectivity index (χ0v) is 9.76. The van der Waals surface area contributed by atoms with Gasteiger partial charge < -0.3 is 19.8 Å². The summed E-state index contributed by atoms with van der Waals surface area (Å²) in [6.45, 7) is 3.38. The number of phenolic OH excluding ortho intramolecular Hbond substituents is 2. The van der Waals surface area contributed by atoms with E-state index in [1.54, 1.807) is 13.8 Å². The number of carboxylic acids is 1. The summed E-state index contributed by atoms with van der Waals surface area (Å²) in [5.74, 6) is -1.98. The van der Waals surface area contributed by atoms with E-state index in [-0.39, 0.29) is 17.3 Å². The highest BCUT2D eigenvalue weighted by atomic mass is 16.5. The number of carboxylic acid groups (broad SMARTS) is 1. The summed E-state index contributed by atoms with van der Waals surface area (Å²) in [6, 6.07) is 2.59. The van der Waals surface area contributed by atoms with Gasteiger partial charge in [0.1, 0.15) is 5.69 Å². The molecule has 3 N–H and O–H groups in total. The molecule has 94 valence electrons. The maximum Gasteiger partial charge on any atom is 0.374 e. The van der Waals surface area contributed by atoms with Gasteiger partial charge >= 0.3 is 5.97 Å². The summed E-state index contributed by atoms with van der Waals surface area (Å²) in [5, 5.41) is 31.5. The molecule has 18 heavy (non-hydrogen) atoms. The Kier molecular flexibility index (Phi) is 2.70. The molecule has 0 radical (unpaired) electrons. The van der Waals surface area contributed by atoms with E-state index < -0.39 is 5.97 Å². The summed E-state index contributed by atoms with van der Waals surface area (Å²) in [7, 11) is 0. The van der Waals surface area contributed by atoms with Gasteiger partial charge in [-0.2, -0.15) is 0 Å². The van der Waals surface area contributed by atoms with Gasteiger partial charge in [-0.1, -0.05) is 5.16 Å². The number of aromatic carboxylic acids is 1. The first-order valence-corrected chi connectivity index (χ1v) is 5.14. The van der Waals surface area contributed by atoms with E-state index in [0.29, 0.717) is 22.4 Å². The third-order valence-electron chi connectivity index (χ3n) is 2.84. The molecule has 0 aliphatic heterocycles. The third kappa shape index (κ3) is 1.77. The quantitative estimate of drug-likeness (QED) is 0.704. The fourth-order valence-electron chi connectivity index (χ4n) is 1.65. The topological polar surface area (TPSA) is 104 Å². The van der Waals surface area contributed by atoms with Crippen LogP contribution in [0.15, 0.2) is 16.7 Å². The van der Waals surface area contributed by atoms with E-state index in [0.717, 1.165) is 0 Å². The predicted octanol–water partition coefficient (Wildman–Crippen LogP) is 2.07. The Balaban J connectivity index is 2.60. The summed E-state index contributed by atoms with van der Waals surface area (Å²) in [6.07, 6.45) is 0. The van der Waals surface area contributed by atoms with Crippen molar-refractivity contribution < 1.29 is 24.6 Å². The van der Waals surface area contributed by atoms with E-state index >= 15 is 0 Å². The monoisotopic (exact) mass is 249 g/mol. The fraction of sp³-hybridized carbons (Fsp3) is 0.167. The van der Waals surface area contributed by atoms with Crippen LogP contribution in [0.25, 0.3) is 11.3 Å². The molecular weight excluding hydrogens is 238 g/mol. The van der Waals surface area contributed by atoms with Crippen LogP contribution in [0.4, 0.5) is 0 Å². The van der Waals surface area contributed by atoms with Gasteiger partial charge in [-0.25, -0.2) is 4.79 Å². The number of carbonyl (C=O) groups is 1. The molecule has 0 amide bonds. The zero-order valence-electron chi connectivity index (χ0n) is 9.76. The van der Waals surface area contributed by atoms with Crippen molar-refractivity contribution in [2.24, 2.45) is 0 Å². The van der Waals surface area contributed by atoms with Crippen molar-refractivity contribution in [1.82, 2.24) is 5.16 Å². The molecule has 6 nitrogen and oxygen atoms in total. The van der Waals surface area contributed by atoms with Crippen LogP contribution in [0, 0.1) is 13.8 Å². The first kappa shape index (κ1) is 12.0. The van der Waals surface area contributed by atoms with E-state index in [4.69, 9.17) is 5.11 Å². The van der Waals surface area contributed by atoms with Crippen molar-refractivity contribution in [2.45, 2.75) is 13.8 Å². The van der Waals surface area contributed by atoms with Crippen LogP contribution in [0.1, 0.15) is 21.7 Å². The Morgan fingerprint density at radius 2 is 1.89 bits per heavy atom. The van der Waals surface area contributed by atoms with Gasteiger partial charge in [0.2, 0.25) is 5.76 Å². The summed E-state index contributed by atoms with van der Waals surface area (Å²) in [4.78, 5) is 10.7. The number of aromatic nitrogens is 1. The smallest absolute Gasteiger partial charge is 0.374 e. The highest BCUT2D eigenvalue weighted by molar-refractivity contribution is 5.86. The van der Waals surface area contributed by atoms with Crippen molar-refractivity contribution in [3.63, 3.8) is 0 Å². The Bertz CT molecular complexity index is 630. The molecule has 0 spiro atoms. The Hall–Kier alpha value is -2.50. The largest absolute Gasteiger partial charge is 0.504 e. The Morgan fingerprint density at radius 1 is 1.22 bits per heavy atom. The molecule has 1 heterocycles. The van der Waals surface area contributed by atoms with Gasteiger partial charge in [-0.05, 0) is 31.0 Å². The minimum absolute atomic E-state index is 0.196. The second kappa shape index (κ2) is 4.06. The van der Waals surface area contributed by atoms with Crippen LogP contribution in [0.3, 0.4) is 0 Å². The molecule has 1 aromatic carbocycles. The lowest BCUT2D eigenvalue weighted by Crippen LogP contribution is -1.92. The molecule has 2 aromatic rings. The van der Waals surface area contributed by atoms with Gasteiger partial charge in [0.15, 0.2) is 11.5 Å². The maximum atomic E-state index is 10.7. The van der Waals surface area contributed by atoms with E-state index in [2.05, 4.69) is 9.68 Å². The van der Waals surface area contributed by atoms with Gasteiger partial charge in [-0.3, -0.25) is 0 Å². The van der Waals surface area contributed by atoms with Crippen LogP contribution >= 0.6 is 0 Å². The molecule has 0 aliphatic rings. The van der Waals surface area contributed by atoms with Crippen LogP contribution < -0.4 is 0 Å². The number of aromatic hydroxyl groups is 2. The number of hydrogen-bond acceptors (Lipinski definition) is 5. The minimum Gasteiger partial charge on any atom is -0.504 e. The van der Waals surface area contributed by atoms with Crippen LogP contribution in [0.2, 0.25) is 0 Å². The molecule has 0 aliphatic carbocycles. The second-order valence-corrected chi connectivity index (χ2v) is 3.92. The number of benzene rings is 1. The molecule has 0 atom stereocenters. The number of nitrogens with zero attached hydrogens (tertiary/aromatic N) is 1. The number of phenols is 2. The molecule has 1 aromatic heterocycles. The Morgan fingerprint density at radius 3 is 2.44 bits per heavy atom. The first-order valence-electron chi connectivity index (χ1n) is 5.14. The summed E-state index contributed by atoms with van der Waals surface area (Å²) in [5.41, 5.74) is 2.00. The normalized spacial score (nSPS) is 10.6. The van der Waals surface area contributed by atoms with E-state index in [9.17, 15) is 15.0 Å². The minimum atomic E-state index is -1.22. The van der Waals surface area contributed by atoms with Gasteiger partial charge in [0.25, 0.3) is 0 Å². The van der Waals surface area contributed by atoms with Gasteiger partial charge in [0, 0.05) is 11.6 Å². The molecular formula is C12H11NO5. The molecule has 0 saturated carbocycles. The molecule has 0 saturated heterocycles. The standard InChI is InChI=1S/C12H11NO5/c1-5-6(2)11(15)9(14)3-7(5)8-4-10(12(16)17)18-13-8/h3-4,14-15H,1-2H3,(H,16,17). The lowest BCUT2D eigenvalue weighted by molar-refractivity contribution is 0.0652. The van der Waals surface area contributed by atoms with Crippen molar-refractivity contribution in [3.8, 4) is 22.8 Å². The summed E-state index contributed by atoms with van der Waals surface area (Å²) < 4.78 is 4.65. The van der Waals surface area contributed by atoms with Gasteiger partial charge in [-0.15, -0.1) is 0 Å². The molecule has 0 unspecified atom stereocenters. The first-order chi connectivity index (χ1) is 8.41. The average Bonchev–Trinajstić information content (AvgIpc) is 2.80. The maximum absolute atomic E-state index is 10.7. The van der Waals surface area contributed by atoms with Crippen molar-refractivity contribution in [1.29, 1.82) is 0 Å². The Labute approximate surface area is 102 Å². The molecule has 2 rings (SSSR count). The highest BCUT2D eigenvalue weighted by Crippen LogP contribution is 2.37. The predicted molar refractivity (Wildman–Crippen MR) is 61.7 cm³/mol. The van der Waals surface area contributed by atoms with E-state index in [1.807, 2.05) is 0 Å². The lowest BCUT2D eigenvalue weighted by atomic mass is 9.99. The fourth-order valence-corrected chi connectivity index (χ4v) is 1.65. The molecule has 0 bridgehead atoms. The van der Waals surface area contributed by atoms with Crippen molar-refractivity contribution in [2.75, 3.05) is 0 Å². The zero-order chi connectivity index (χ0) is 13.4. The van der Waals surface area contributed by atoms with E-state index in [1.165, 1.54) is 12.1 Å². The molecule has 0 fully saturated rings. The third-order valence-corrected chi connectivity index (χ3v) is 2.84. The average molecular weight is 249 g/mol. The van der Waals surface area contributed by atoms with Gasteiger partial charge in [0.05, 0.1) is 0 Å². The van der Waals surface area contributed by atoms with Crippen molar-refractivity contribution in [3.05, 3.63) is 29.0 Å². The van der Waals surface area contributed by atoms with Crippen LogP contribution in [-0.4, -0.2) is 26.4 Å². The van der Waals surface area contributed by atoms with Crippen molar-refractivity contribution >= 4 is 5.97 Å². The number of rotatable bonds is 2. The van der Waals surface area contributed by atoms with Crippen LogP contribution in [0.5, 0.6) is 11.5 Å². The lowest BCUT2D eigenvalue weighted by Gasteiger charge is -2.09. The van der Waals surface area contributed by atoms with Crippen LogP contribution in [-0.2, 0) is 0 Å². The second-order valence-electron chi connectivity index (χ2n) is 3.92. The SMILES string of the molecule is Cc1c(-c2cc(C(=O)O)on2)cc(O)c(O)c1C. The summed E-state index contributed by atoms with van der Waals surface area (Å²) >= 11 is 0. The molecule has 6 heteroatoms. The number of hydrogen-bond donors (Lipinski definition) is 3. The highest BCUT2D eigenvalue weighted by Gasteiger charge is 2.17.